The number of benzene rings is 3. The van der Waals surface area contributed by atoms with E-state index in [1.54, 1.807) is 73.2 Å². The summed E-state index contributed by atoms with van der Waals surface area (Å²) in [7, 11) is 3.05. The first-order valence-corrected chi connectivity index (χ1v) is 25.6. The van der Waals surface area contributed by atoms with Crippen LogP contribution in [0.25, 0.3) is 5.57 Å². The number of carbonyl (C=O) groups is 7. The van der Waals surface area contributed by atoms with Crippen LogP contribution in [0.2, 0.25) is 0 Å². The summed E-state index contributed by atoms with van der Waals surface area (Å²) in [5, 5.41) is 8.34. The van der Waals surface area contributed by atoms with Gasteiger partial charge in [0.15, 0.2) is 23.0 Å². The molecule has 0 spiro atoms. The summed E-state index contributed by atoms with van der Waals surface area (Å²) < 4.78 is 23.6. The Morgan fingerprint density at radius 3 is 1.84 bits per heavy atom. The SMILES string of the molecule is COc1cc2c(cc1OCCCOc1cc3c(cc1OC)C(=O)N1C=C(C4CC4)C[C@@H]1C=N3)N=C[C@H]1CC(c3ccc(NC(=O)[C@@H](C)NC(=O)[C@H](NC(=O)CCCCCN4C(=O)C=CC4=O)C(C)C)cc3)=CN1C2=O. The van der Waals surface area contributed by atoms with Crippen molar-refractivity contribution in [1.29, 1.82) is 0 Å². The Kier molecular flexibility index (Phi) is 15.6. The fourth-order valence-corrected chi connectivity index (χ4v) is 9.68. The maximum Gasteiger partial charge on any atom is 0.260 e. The maximum atomic E-state index is 14.1. The Balaban J connectivity index is 0.737. The third kappa shape index (κ3) is 11.7. The summed E-state index contributed by atoms with van der Waals surface area (Å²) in [4.78, 5) is 104. The number of unbranched alkanes of at least 4 members (excludes halogenated alkanes) is 2. The van der Waals surface area contributed by atoms with Gasteiger partial charge in [-0.2, -0.15) is 0 Å². The lowest BCUT2D eigenvalue weighted by Gasteiger charge is -2.24. The van der Waals surface area contributed by atoms with Gasteiger partial charge in [-0.05, 0) is 91.8 Å². The van der Waals surface area contributed by atoms with E-state index in [1.165, 1.54) is 44.8 Å². The highest BCUT2D eigenvalue weighted by molar-refractivity contribution is 6.13. The number of nitrogens with zero attached hydrogens (tertiary/aromatic N) is 5. The van der Waals surface area contributed by atoms with Crippen LogP contribution in [-0.2, 0) is 24.0 Å². The molecule has 3 N–H and O–H groups in total. The molecule has 7 amide bonds. The van der Waals surface area contributed by atoms with Crippen LogP contribution < -0.4 is 34.9 Å². The Labute approximate surface area is 435 Å². The van der Waals surface area contributed by atoms with Crippen molar-refractivity contribution >= 4 is 76.4 Å². The zero-order valence-corrected chi connectivity index (χ0v) is 42.8. The quantitative estimate of drug-likeness (QED) is 0.0699. The number of aliphatic imine (C=N–C) groups is 2. The second-order valence-corrected chi connectivity index (χ2v) is 19.8. The number of anilines is 1. The number of fused-ring (bicyclic) bond motifs is 4. The third-order valence-electron chi connectivity index (χ3n) is 14.1. The molecule has 75 heavy (non-hydrogen) atoms. The molecule has 4 atom stereocenters. The molecule has 5 aliphatic heterocycles. The Morgan fingerprint density at radius 2 is 1.27 bits per heavy atom. The molecule has 9 rings (SSSR count). The molecule has 19 heteroatoms. The van der Waals surface area contributed by atoms with Crippen molar-refractivity contribution in [2.24, 2.45) is 21.8 Å². The van der Waals surface area contributed by atoms with Crippen molar-refractivity contribution in [1.82, 2.24) is 25.3 Å². The van der Waals surface area contributed by atoms with Crippen molar-refractivity contribution in [2.45, 2.75) is 103 Å². The van der Waals surface area contributed by atoms with Gasteiger partial charge in [-0.1, -0.05) is 32.4 Å². The van der Waals surface area contributed by atoms with E-state index in [0.717, 1.165) is 22.5 Å². The average Bonchev–Trinajstić information content (AvgIpc) is 3.97. The number of imide groups is 1. The van der Waals surface area contributed by atoms with Crippen molar-refractivity contribution in [2.75, 3.05) is 39.3 Å². The predicted molar refractivity (Wildman–Crippen MR) is 280 cm³/mol. The molecule has 1 saturated carbocycles. The molecule has 392 valence electrons. The third-order valence-corrected chi connectivity index (χ3v) is 14.1. The van der Waals surface area contributed by atoms with E-state index in [2.05, 4.69) is 20.9 Å². The summed E-state index contributed by atoms with van der Waals surface area (Å²) in [5.74, 6) is -0.237. The van der Waals surface area contributed by atoms with E-state index < -0.39 is 23.9 Å². The number of ether oxygens (including phenoxy) is 4. The second kappa shape index (κ2) is 22.6. The summed E-state index contributed by atoms with van der Waals surface area (Å²) >= 11 is 0. The molecule has 3 aromatic carbocycles. The molecular weight excluding hydrogens is 961 g/mol. The van der Waals surface area contributed by atoms with Crippen molar-refractivity contribution in [3.05, 3.63) is 95.3 Å². The van der Waals surface area contributed by atoms with Gasteiger partial charge in [-0.25, -0.2) is 0 Å². The number of carbonyl (C=O) groups excluding carboxylic acids is 7. The minimum Gasteiger partial charge on any atom is -0.493 e. The zero-order chi connectivity index (χ0) is 52.9. The van der Waals surface area contributed by atoms with Gasteiger partial charge < -0.3 is 44.7 Å². The highest BCUT2D eigenvalue weighted by Gasteiger charge is 2.39. The molecule has 0 aromatic heterocycles. The summed E-state index contributed by atoms with van der Waals surface area (Å²) in [6, 6.07) is 11.8. The topological polar surface area (TPSA) is 227 Å². The lowest BCUT2D eigenvalue weighted by atomic mass is 10.0. The van der Waals surface area contributed by atoms with Crippen LogP contribution in [0, 0.1) is 11.8 Å². The first kappa shape index (κ1) is 51.8. The van der Waals surface area contributed by atoms with Crippen LogP contribution in [0.1, 0.15) is 105 Å². The van der Waals surface area contributed by atoms with Crippen LogP contribution in [0.3, 0.4) is 0 Å². The minimum atomic E-state index is -0.920. The molecule has 0 radical (unpaired) electrons. The van der Waals surface area contributed by atoms with Gasteiger partial charge in [-0.3, -0.25) is 48.4 Å². The van der Waals surface area contributed by atoms with Crippen LogP contribution in [0.5, 0.6) is 23.0 Å². The highest BCUT2D eigenvalue weighted by Crippen LogP contribution is 2.45. The molecule has 0 bridgehead atoms. The van der Waals surface area contributed by atoms with Crippen LogP contribution in [-0.4, -0.2) is 127 Å². The van der Waals surface area contributed by atoms with Crippen LogP contribution in [0.15, 0.2) is 88.6 Å². The molecule has 3 aromatic rings. The normalized spacial score (nSPS) is 19.1. The number of rotatable bonds is 22. The fraction of sp³-hybridized carbons (Fsp3) is 0.411. The fourth-order valence-electron chi connectivity index (χ4n) is 9.68. The molecule has 6 aliphatic rings. The molecule has 5 heterocycles. The van der Waals surface area contributed by atoms with E-state index in [9.17, 15) is 33.6 Å². The average molecular weight is 1020 g/mol. The zero-order valence-electron chi connectivity index (χ0n) is 42.8. The van der Waals surface area contributed by atoms with E-state index in [-0.39, 0.29) is 73.7 Å². The Morgan fingerprint density at radius 1 is 0.680 bits per heavy atom. The first-order chi connectivity index (χ1) is 36.2. The van der Waals surface area contributed by atoms with E-state index >= 15 is 0 Å². The number of nitrogens with one attached hydrogen (secondary N) is 3. The lowest BCUT2D eigenvalue weighted by Crippen LogP contribution is -2.53. The highest BCUT2D eigenvalue weighted by atomic mass is 16.5. The number of methoxy groups -OCH3 is 2. The van der Waals surface area contributed by atoms with Crippen molar-refractivity contribution in [3.8, 4) is 23.0 Å². The van der Waals surface area contributed by atoms with E-state index in [1.807, 2.05) is 30.7 Å². The maximum absolute atomic E-state index is 14.1. The molecular formula is C56H62N8O11. The predicted octanol–water partition coefficient (Wildman–Crippen LogP) is 6.82. The van der Waals surface area contributed by atoms with E-state index in [0.29, 0.717) is 89.2 Å². The van der Waals surface area contributed by atoms with Gasteiger partial charge in [0.05, 0.1) is 62.0 Å². The molecule has 0 saturated heterocycles. The Hall–Kier alpha value is -8.09. The Bertz CT molecular complexity index is 2920. The molecule has 1 aliphatic carbocycles. The molecule has 1 fully saturated rings. The number of hydrogen-bond acceptors (Lipinski definition) is 13. The molecule has 19 nitrogen and oxygen atoms in total. The van der Waals surface area contributed by atoms with Crippen LogP contribution >= 0.6 is 0 Å². The number of hydrogen-bond donors (Lipinski definition) is 3. The minimum absolute atomic E-state index is 0.0911. The van der Waals surface area contributed by atoms with Gasteiger partial charge in [0, 0.05) is 80.6 Å². The van der Waals surface area contributed by atoms with E-state index in [4.69, 9.17) is 23.9 Å². The van der Waals surface area contributed by atoms with Crippen molar-refractivity contribution < 1.29 is 52.5 Å². The van der Waals surface area contributed by atoms with Gasteiger partial charge >= 0.3 is 0 Å². The summed E-state index contributed by atoms with van der Waals surface area (Å²) in [5.41, 5.74) is 5.38. The first-order valence-electron chi connectivity index (χ1n) is 25.6. The summed E-state index contributed by atoms with van der Waals surface area (Å²) in [6.45, 7) is 6.00. The standard InChI is InChI=1S/C56H62N8O11/c1-32(2)52(61-49(65)10-7-6-8-19-62-50(66)17-18-51(62)67)54(69)59-33(3)53(68)60-38-15-13-35(14-16-38)37-23-40-29-58-44-27-48(46(73-5)25-42(44)56(71)64(40)31-37)75-21-9-20-74-47-26-43-41(24-45(47)72-4)55(70)63-30-36(34-11-12-34)22-39(63)28-57-43/h13-18,24-34,39-40,52H,6-12,19-23H2,1-5H3,(H,59,69)(H,60,68)(H,61,65)/t33-,39-,40-,52-/m1/s1. The monoisotopic (exact) mass is 1020 g/mol. The number of amides is 7. The molecule has 0 unspecified atom stereocenters. The largest absolute Gasteiger partial charge is 0.493 e. The van der Waals surface area contributed by atoms with Gasteiger partial charge in [0.25, 0.3) is 23.6 Å². The van der Waals surface area contributed by atoms with Crippen LogP contribution in [0.4, 0.5) is 17.1 Å². The lowest BCUT2D eigenvalue weighted by molar-refractivity contribution is -0.137. The summed E-state index contributed by atoms with van der Waals surface area (Å²) in [6.07, 6.45) is 15.9. The van der Waals surface area contributed by atoms with Gasteiger partial charge in [0.2, 0.25) is 17.7 Å². The van der Waals surface area contributed by atoms with Gasteiger partial charge in [-0.15, -0.1) is 0 Å². The van der Waals surface area contributed by atoms with Crippen molar-refractivity contribution in [3.63, 3.8) is 0 Å². The van der Waals surface area contributed by atoms with Gasteiger partial charge in [0.1, 0.15) is 12.1 Å². The second-order valence-electron chi connectivity index (χ2n) is 19.8. The smallest absolute Gasteiger partial charge is 0.260 e.